The second-order valence-corrected chi connectivity index (χ2v) is 5.54. The van der Waals surface area contributed by atoms with E-state index in [9.17, 15) is 8.78 Å². The van der Waals surface area contributed by atoms with Gasteiger partial charge in [-0.2, -0.15) is 12.2 Å². The third kappa shape index (κ3) is 2.93. The molecule has 0 unspecified atom stereocenters. The standard InChI is InChI=1S/C19H20F2N2/c1-3-22-13-23(4-2)19(15-7-11-17(21)12-8-15)18(22)14-5-9-16(20)10-6-14/h5-7,9-13H,3-4,8H2,1-2H3. The predicted molar refractivity (Wildman–Crippen MR) is 85.3 cm³/mol. The lowest BCUT2D eigenvalue weighted by Gasteiger charge is -2.19. The summed E-state index contributed by atoms with van der Waals surface area (Å²) in [5.74, 6) is -0.446. The van der Waals surface area contributed by atoms with Crippen molar-refractivity contribution >= 4 is 5.57 Å². The van der Waals surface area contributed by atoms with E-state index in [1.165, 1.54) is 18.6 Å². The topological polar surface area (TPSA) is 7.76 Å². The van der Waals surface area contributed by atoms with Crippen LogP contribution in [0.15, 0.2) is 48.6 Å². The zero-order valence-corrected chi connectivity index (χ0v) is 13.4. The quantitative estimate of drug-likeness (QED) is 0.601. The van der Waals surface area contributed by atoms with Crippen molar-refractivity contribution in [1.82, 2.24) is 0 Å². The molecule has 2 aromatic rings. The SMILES string of the molecule is CC[n+]1[cH-][n+](CC)c(-c2ccc(F)cc2)c1C1=C[CH-]C(F)=CC1. The number of hydrogen-bond donors (Lipinski definition) is 0. The Bertz CT molecular complexity index is 767. The third-order valence-electron chi connectivity index (χ3n) is 4.14. The molecule has 0 bridgehead atoms. The van der Waals surface area contributed by atoms with Crippen LogP contribution in [0.2, 0.25) is 0 Å². The molecule has 0 amide bonds. The van der Waals surface area contributed by atoms with Crippen LogP contribution in [-0.2, 0) is 13.1 Å². The van der Waals surface area contributed by atoms with Crippen LogP contribution in [0.5, 0.6) is 0 Å². The summed E-state index contributed by atoms with van der Waals surface area (Å²) >= 11 is 0. The molecule has 0 saturated heterocycles. The van der Waals surface area contributed by atoms with Crippen LogP contribution in [-0.4, -0.2) is 0 Å². The fourth-order valence-corrected chi connectivity index (χ4v) is 2.98. The Morgan fingerprint density at radius 3 is 2.22 bits per heavy atom. The van der Waals surface area contributed by atoms with Crippen LogP contribution in [0, 0.1) is 12.2 Å². The average Bonchev–Trinajstić information content (AvgIpc) is 2.95. The molecule has 0 spiro atoms. The molecule has 1 aromatic heterocycles. The molecule has 1 aliphatic carbocycles. The average molecular weight is 314 g/mol. The normalized spacial score (nSPS) is 14.3. The molecule has 120 valence electrons. The number of nitrogens with zero attached hydrogens (tertiary/aromatic N) is 2. The van der Waals surface area contributed by atoms with Gasteiger partial charge in [-0.3, -0.25) is 9.13 Å². The number of aryl methyl sites for hydroxylation is 2. The Morgan fingerprint density at radius 2 is 1.65 bits per heavy atom. The van der Waals surface area contributed by atoms with Crippen LogP contribution in [0.4, 0.5) is 8.78 Å². The largest absolute Gasteiger partial charge is 0.303 e. The van der Waals surface area contributed by atoms with Crippen molar-refractivity contribution in [1.29, 1.82) is 0 Å². The molecule has 0 fully saturated rings. The van der Waals surface area contributed by atoms with Crippen LogP contribution in [0.25, 0.3) is 16.8 Å². The number of halogens is 2. The van der Waals surface area contributed by atoms with Gasteiger partial charge in [0.05, 0.1) is 5.69 Å². The van der Waals surface area contributed by atoms with Gasteiger partial charge in [0.25, 0.3) is 0 Å². The molecule has 4 heteroatoms. The van der Waals surface area contributed by atoms with Gasteiger partial charge < -0.3 is 0 Å². The molecule has 0 saturated carbocycles. The minimum absolute atomic E-state index is 0.199. The second-order valence-electron chi connectivity index (χ2n) is 5.54. The summed E-state index contributed by atoms with van der Waals surface area (Å²) in [4.78, 5) is 0. The van der Waals surface area contributed by atoms with Crippen molar-refractivity contribution in [3.8, 4) is 11.3 Å². The van der Waals surface area contributed by atoms with Crippen LogP contribution in [0.1, 0.15) is 26.0 Å². The van der Waals surface area contributed by atoms with Gasteiger partial charge in [-0.15, -0.1) is 18.4 Å². The zero-order chi connectivity index (χ0) is 16.4. The molecule has 1 aromatic carbocycles. The highest BCUT2D eigenvalue weighted by atomic mass is 19.1. The second kappa shape index (κ2) is 6.41. The Labute approximate surface area is 135 Å². The third-order valence-corrected chi connectivity index (χ3v) is 4.14. The summed E-state index contributed by atoms with van der Waals surface area (Å²) in [7, 11) is 0. The molecular weight excluding hydrogens is 294 g/mol. The number of hydrogen-bond acceptors (Lipinski definition) is 0. The first-order valence-corrected chi connectivity index (χ1v) is 7.92. The van der Waals surface area contributed by atoms with E-state index >= 15 is 0 Å². The number of benzene rings is 1. The van der Waals surface area contributed by atoms with E-state index in [1.807, 2.05) is 6.08 Å². The molecule has 3 rings (SSSR count). The molecule has 2 nitrogen and oxygen atoms in total. The van der Waals surface area contributed by atoms with Gasteiger partial charge in [0.1, 0.15) is 24.6 Å². The van der Waals surface area contributed by atoms with E-state index in [0.29, 0.717) is 6.42 Å². The Morgan fingerprint density at radius 1 is 1.00 bits per heavy atom. The molecule has 1 aliphatic rings. The van der Waals surface area contributed by atoms with Crippen molar-refractivity contribution in [2.75, 3.05) is 0 Å². The maximum Gasteiger partial charge on any atom is 0.303 e. The van der Waals surface area contributed by atoms with E-state index in [1.54, 1.807) is 18.2 Å². The summed E-state index contributed by atoms with van der Waals surface area (Å²) in [6.07, 6.45) is 7.56. The van der Waals surface area contributed by atoms with Crippen LogP contribution >= 0.6 is 0 Å². The van der Waals surface area contributed by atoms with E-state index < -0.39 is 0 Å². The summed E-state index contributed by atoms with van der Waals surface area (Å²) in [6.45, 7) is 5.80. The fraction of sp³-hybridized carbons (Fsp3) is 0.263. The number of aromatic nitrogens is 2. The van der Waals surface area contributed by atoms with E-state index in [2.05, 4.69) is 29.3 Å². The summed E-state index contributed by atoms with van der Waals surface area (Å²) in [6, 6.07) is 6.54. The predicted octanol–water partition coefficient (Wildman–Crippen LogP) is 3.67. The van der Waals surface area contributed by atoms with Gasteiger partial charge in [0.2, 0.25) is 0 Å². The molecule has 0 aliphatic heterocycles. The summed E-state index contributed by atoms with van der Waals surface area (Å²) in [5, 5.41) is 0. The maximum atomic E-state index is 13.3. The lowest BCUT2D eigenvalue weighted by atomic mass is 9.97. The first kappa shape index (κ1) is 15.5. The van der Waals surface area contributed by atoms with Crippen molar-refractivity contribution < 1.29 is 17.9 Å². The van der Waals surface area contributed by atoms with Crippen LogP contribution in [0.3, 0.4) is 0 Å². The van der Waals surface area contributed by atoms with Gasteiger partial charge >= 0.3 is 6.33 Å². The Kier molecular flexibility index (Phi) is 4.33. The van der Waals surface area contributed by atoms with Crippen molar-refractivity contribution in [2.45, 2.75) is 33.4 Å². The maximum absolute atomic E-state index is 13.3. The molecule has 0 radical (unpaired) electrons. The van der Waals surface area contributed by atoms with Gasteiger partial charge in [0, 0.05) is 5.83 Å². The zero-order valence-electron chi connectivity index (χ0n) is 13.4. The van der Waals surface area contributed by atoms with Crippen molar-refractivity contribution in [2.24, 2.45) is 0 Å². The van der Waals surface area contributed by atoms with Gasteiger partial charge in [-0.1, -0.05) is 12.1 Å². The summed E-state index contributed by atoms with van der Waals surface area (Å²) < 4.78 is 30.9. The first-order chi connectivity index (χ1) is 11.1. The highest BCUT2D eigenvalue weighted by molar-refractivity contribution is 5.75. The lowest BCUT2D eigenvalue weighted by molar-refractivity contribution is -0.789. The fourth-order valence-electron chi connectivity index (χ4n) is 2.98. The minimum atomic E-state index is -0.247. The van der Waals surface area contributed by atoms with Crippen molar-refractivity contribution in [3.05, 3.63) is 66.5 Å². The first-order valence-electron chi connectivity index (χ1n) is 7.92. The van der Waals surface area contributed by atoms with E-state index in [-0.39, 0.29) is 11.6 Å². The van der Waals surface area contributed by atoms with Gasteiger partial charge in [-0.05, 0) is 31.5 Å². The molecular formula is C19H20F2N2. The van der Waals surface area contributed by atoms with E-state index in [4.69, 9.17) is 0 Å². The highest BCUT2D eigenvalue weighted by Crippen LogP contribution is 2.30. The molecule has 23 heavy (non-hydrogen) atoms. The Hall–Kier alpha value is -2.36. The highest BCUT2D eigenvalue weighted by Gasteiger charge is 2.21. The Balaban J connectivity index is 2.17. The smallest absolute Gasteiger partial charge is 0.265 e. The molecule has 1 heterocycles. The lowest BCUT2D eigenvalue weighted by Crippen LogP contribution is -2.39. The van der Waals surface area contributed by atoms with Gasteiger partial charge in [-0.25, -0.2) is 8.78 Å². The molecule has 0 N–H and O–H groups in total. The minimum Gasteiger partial charge on any atom is -0.265 e. The summed E-state index contributed by atoms with van der Waals surface area (Å²) in [5.41, 5.74) is 4.15. The number of rotatable bonds is 4. The number of allylic oxidation sites excluding steroid dienone is 4. The van der Waals surface area contributed by atoms with Crippen LogP contribution < -0.4 is 9.13 Å². The number of imidazole rings is 1. The van der Waals surface area contributed by atoms with Crippen molar-refractivity contribution in [3.63, 3.8) is 0 Å². The molecule has 0 atom stereocenters. The van der Waals surface area contributed by atoms with E-state index in [0.717, 1.165) is 35.6 Å². The monoisotopic (exact) mass is 314 g/mol. The van der Waals surface area contributed by atoms with Gasteiger partial charge in [0.15, 0.2) is 0 Å².